The van der Waals surface area contributed by atoms with E-state index < -0.39 is 23.8 Å². The third-order valence-electron chi connectivity index (χ3n) is 5.02. The van der Waals surface area contributed by atoms with E-state index in [2.05, 4.69) is 0 Å². The Bertz CT molecular complexity index is 893. The van der Waals surface area contributed by atoms with Gasteiger partial charge in [0.1, 0.15) is 13.2 Å². The van der Waals surface area contributed by atoms with E-state index in [0.29, 0.717) is 35.8 Å². The van der Waals surface area contributed by atoms with Gasteiger partial charge in [-0.3, -0.25) is 9.59 Å². The second kappa shape index (κ2) is 9.52. The lowest BCUT2D eigenvalue weighted by molar-refractivity contribution is -0.152. The fourth-order valence-electron chi connectivity index (χ4n) is 3.52. The highest BCUT2D eigenvalue weighted by Gasteiger charge is 2.39. The van der Waals surface area contributed by atoms with E-state index in [1.807, 2.05) is 43.3 Å². The van der Waals surface area contributed by atoms with Crippen molar-refractivity contribution >= 4 is 17.6 Å². The van der Waals surface area contributed by atoms with Crippen molar-refractivity contribution in [2.75, 3.05) is 45.9 Å². The zero-order valence-corrected chi connectivity index (χ0v) is 17.7. The molecule has 0 bridgehead atoms. The maximum Gasteiger partial charge on any atom is 0.314 e. The quantitative estimate of drug-likeness (QED) is 0.646. The smallest absolute Gasteiger partial charge is 0.314 e. The Labute approximate surface area is 176 Å². The van der Waals surface area contributed by atoms with Crippen LogP contribution >= 0.6 is 0 Å². The number of carbonyl (C=O) groups excluding carboxylic acids is 2. The topological polar surface area (TPSA) is 74.3 Å². The van der Waals surface area contributed by atoms with Crippen LogP contribution < -0.4 is 14.4 Å². The van der Waals surface area contributed by atoms with Crippen molar-refractivity contribution in [3.8, 4) is 11.5 Å². The van der Waals surface area contributed by atoms with Gasteiger partial charge in [-0.25, -0.2) is 0 Å². The number of fused-ring (bicyclic) bond motifs is 1. The first-order chi connectivity index (χ1) is 14.5. The Morgan fingerprint density at radius 2 is 1.53 bits per heavy atom. The minimum absolute atomic E-state index is 0.202. The number of methoxy groups -OCH3 is 1. The summed E-state index contributed by atoms with van der Waals surface area (Å²) in [6.07, 6.45) is 0. The van der Waals surface area contributed by atoms with Gasteiger partial charge in [0.15, 0.2) is 11.5 Å². The second-order valence-corrected chi connectivity index (χ2v) is 7.12. The minimum Gasteiger partial charge on any atom is -0.486 e. The summed E-state index contributed by atoms with van der Waals surface area (Å²) in [7, 11) is 5.18. The summed E-state index contributed by atoms with van der Waals surface area (Å²) in [5, 5.41) is 0. The highest BCUT2D eigenvalue weighted by atomic mass is 16.6. The molecule has 0 saturated heterocycles. The Hall–Kier alpha value is -3.22. The van der Waals surface area contributed by atoms with Crippen LogP contribution in [-0.4, -0.2) is 53.0 Å². The average Bonchev–Trinajstić information content (AvgIpc) is 2.76. The first-order valence-electron chi connectivity index (χ1n) is 9.87. The number of hydrogen-bond acceptors (Lipinski definition) is 7. The maximum absolute atomic E-state index is 13.0. The lowest BCUT2D eigenvalue weighted by atomic mass is 9.81. The van der Waals surface area contributed by atoms with Crippen LogP contribution in [0.1, 0.15) is 29.9 Å². The first-order valence-corrected chi connectivity index (χ1v) is 9.87. The van der Waals surface area contributed by atoms with E-state index in [9.17, 15) is 9.59 Å². The summed E-state index contributed by atoms with van der Waals surface area (Å²) in [6, 6.07) is 12.7. The number of nitrogens with zero attached hydrogens (tertiary/aromatic N) is 1. The number of benzene rings is 2. The van der Waals surface area contributed by atoms with E-state index in [1.54, 1.807) is 25.1 Å². The molecule has 0 aliphatic carbocycles. The van der Waals surface area contributed by atoms with Crippen LogP contribution in [0.15, 0.2) is 42.5 Å². The molecule has 0 saturated carbocycles. The monoisotopic (exact) mass is 413 g/mol. The second-order valence-electron chi connectivity index (χ2n) is 7.12. The van der Waals surface area contributed by atoms with E-state index in [1.165, 1.54) is 7.11 Å². The summed E-state index contributed by atoms with van der Waals surface area (Å²) >= 11 is 0. The van der Waals surface area contributed by atoms with Crippen molar-refractivity contribution in [2.45, 2.75) is 18.8 Å². The third kappa shape index (κ3) is 4.50. The molecule has 0 amide bonds. The van der Waals surface area contributed by atoms with Crippen LogP contribution in [0, 0.1) is 0 Å². The first kappa shape index (κ1) is 21.5. The molecule has 2 aromatic rings. The van der Waals surface area contributed by atoms with Crippen LogP contribution in [0.25, 0.3) is 0 Å². The molecule has 1 aliphatic rings. The third-order valence-corrected chi connectivity index (χ3v) is 5.02. The molecule has 0 radical (unpaired) electrons. The van der Waals surface area contributed by atoms with Gasteiger partial charge in [0, 0.05) is 19.8 Å². The van der Waals surface area contributed by atoms with Gasteiger partial charge in [-0.15, -0.1) is 0 Å². The fourth-order valence-corrected chi connectivity index (χ4v) is 3.52. The van der Waals surface area contributed by atoms with Gasteiger partial charge in [-0.1, -0.05) is 18.2 Å². The molecule has 1 aliphatic heterocycles. The molecule has 30 heavy (non-hydrogen) atoms. The summed E-state index contributed by atoms with van der Waals surface area (Å²) in [6.45, 7) is 2.83. The molecule has 2 aromatic carbocycles. The van der Waals surface area contributed by atoms with Crippen molar-refractivity contribution in [2.24, 2.45) is 0 Å². The number of carbonyl (C=O) groups is 2. The number of rotatable bonds is 7. The van der Waals surface area contributed by atoms with Crippen molar-refractivity contribution in [3.63, 3.8) is 0 Å². The summed E-state index contributed by atoms with van der Waals surface area (Å²) in [4.78, 5) is 27.8. The molecule has 7 nitrogen and oxygen atoms in total. The zero-order valence-electron chi connectivity index (χ0n) is 17.7. The fraction of sp³-hybridized carbons (Fsp3) is 0.391. The van der Waals surface area contributed by atoms with E-state index in [-0.39, 0.29) is 6.61 Å². The summed E-state index contributed by atoms with van der Waals surface area (Å²) in [5.41, 5.74) is 2.25. The Kier molecular flexibility index (Phi) is 6.82. The van der Waals surface area contributed by atoms with Crippen molar-refractivity contribution < 1.29 is 28.5 Å². The molecule has 3 rings (SSSR count). The van der Waals surface area contributed by atoms with Gasteiger partial charge in [0.05, 0.1) is 25.6 Å². The van der Waals surface area contributed by atoms with Crippen LogP contribution in [0.5, 0.6) is 11.5 Å². The highest BCUT2D eigenvalue weighted by molar-refractivity contribution is 5.90. The highest BCUT2D eigenvalue weighted by Crippen LogP contribution is 2.40. The van der Waals surface area contributed by atoms with Gasteiger partial charge in [0.25, 0.3) is 0 Å². The number of ether oxygens (including phenoxy) is 4. The Balaban J connectivity index is 2.08. The lowest BCUT2D eigenvalue weighted by Crippen LogP contribution is -2.29. The molecule has 0 fully saturated rings. The van der Waals surface area contributed by atoms with Crippen LogP contribution in [-0.2, 0) is 19.1 Å². The van der Waals surface area contributed by atoms with Crippen LogP contribution in [0.2, 0.25) is 0 Å². The molecule has 2 unspecified atom stereocenters. The molecule has 2 atom stereocenters. The molecule has 0 N–H and O–H groups in total. The number of hydrogen-bond donors (Lipinski definition) is 0. The van der Waals surface area contributed by atoms with E-state index in [0.717, 1.165) is 5.69 Å². The molecule has 0 aromatic heterocycles. The summed E-state index contributed by atoms with van der Waals surface area (Å²) < 4.78 is 21.7. The SMILES string of the molecule is CCOC(=O)C(c1ccc2c(c1)OCCO2)C(C(=O)OC)c1ccc(N(C)C)cc1. The maximum atomic E-state index is 13.0. The normalized spacial score (nSPS) is 14.4. The largest absolute Gasteiger partial charge is 0.486 e. The van der Waals surface area contributed by atoms with Crippen molar-refractivity contribution in [1.29, 1.82) is 0 Å². The zero-order chi connectivity index (χ0) is 21.7. The van der Waals surface area contributed by atoms with E-state index in [4.69, 9.17) is 18.9 Å². The standard InChI is InChI=1S/C23H27NO6/c1-5-28-23(26)21(16-8-11-18-19(14-16)30-13-12-29-18)20(22(25)27-4)15-6-9-17(10-7-15)24(2)3/h6-11,14,20-21H,5,12-13H2,1-4H3. The number of esters is 2. The number of anilines is 1. The van der Waals surface area contributed by atoms with Gasteiger partial charge in [-0.2, -0.15) is 0 Å². The van der Waals surface area contributed by atoms with Gasteiger partial charge >= 0.3 is 11.9 Å². The Morgan fingerprint density at radius 3 is 2.13 bits per heavy atom. The van der Waals surface area contributed by atoms with Gasteiger partial charge in [-0.05, 0) is 42.3 Å². The average molecular weight is 413 g/mol. The molecule has 160 valence electrons. The van der Waals surface area contributed by atoms with Gasteiger partial charge < -0.3 is 23.8 Å². The lowest BCUT2D eigenvalue weighted by Gasteiger charge is -2.26. The molecule has 7 heteroatoms. The Morgan fingerprint density at radius 1 is 0.933 bits per heavy atom. The predicted molar refractivity (Wildman–Crippen MR) is 112 cm³/mol. The van der Waals surface area contributed by atoms with Gasteiger partial charge in [0.2, 0.25) is 0 Å². The minimum atomic E-state index is -0.890. The predicted octanol–water partition coefficient (Wildman–Crippen LogP) is 3.13. The molecular formula is C23H27NO6. The van der Waals surface area contributed by atoms with Crippen molar-refractivity contribution in [3.05, 3.63) is 53.6 Å². The molecular weight excluding hydrogens is 386 g/mol. The molecule has 1 heterocycles. The van der Waals surface area contributed by atoms with E-state index >= 15 is 0 Å². The van der Waals surface area contributed by atoms with Crippen molar-refractivity contribution in [1.82, 2.24) is 0 Å². The summed E-state index contributed by atoms with van der Waals surface area (Å²) in [5.74, 6) is -1.62. The van der Waals surface area contributed by atoms with Crippen LogP contribution in [0.3, 0.4) is 0 Å². The molecule has 0 spiro atoms. The van der Waals surface area contributed by atoms with Crippen LogP contribution in [0.4, 0.5) is 5.69 Å².